The largest absolute Gasteiger partial charge is 0.251 e. The molecule has 0 unspecified atom stereocenters. The summed E-state index contributed by atoms with van der Waals surface area (Å²) in [7, 11) is 0. The van der Waals surface area contributed by atoms with Crippen molar-refractivity contribution in [3.63, 3.8) is 0 Å². The van der Waals surface area contributed by atoms with Crippen LogP contribution in [0.3, 0.4) is 0 Å². The average molecular weight is 281 g/mol. The number of hydrogen-bond donors (Lipinski definition) is 0. The normalized spacial score (nSPS) is 12.9. The molecular formula is C18H23N3. The Hall–Kier alpha value is -2.16. The summed E-state index contributed by atoms with van der Waals surface area (Å²) >= 11 is 0. The van der Waals surface area contributed by atoms with E-state index in [9.17, 15) is 0 Å². The topological polar surface area (TPSA) is 29.6 Å². The maximum Gasteiger partial charge on any atom is 0.0794 e. The van der Waals surface area contributed by atoms with Crippen LogP contribution in [0.25, 0.3) is 0 Å². The Balaban J connectivity index is 2.39. The Bertz CT molecular complexity index is 678. The van der Waals surface area contributed by atoms with Crippen LogP contribution in [0.2, 0.25) is 0 Å². The third kappa shape index (κ3) is 3.30. The van der Waals surface area contributed by atoms with E-state index in [2.05, 4.69) is 63.1 Å². The highest BCUT2D eigenvalue weighted by molar-refractivity contribution is 6.41. The first-order valence-electron chi connectivity index (χ1n) is 7.22. The standard InChI is InChI=1S/C18H23N3/c1-12-8-7-9-13(2)18(12)19-16(5)17(6)20-21-14(3)10-11-15(21)4/h7-11H,1-6H3/b19-16?,20-17-. The van der Waals surface area contributed by atoms with Gasteiger partial charge in [0.05, 0.1) is 17.1 Å². The second kappa shape index (κ2) is 6.08. The van der Waals surface area contributed by atoms with Crippen LogP contribution in [0, 0.1) is 27.7 Å². The van der Waals surface area contributed by atoms with Crippen LogP contribution in [0.5, 0.6) is 0 Å². The lowest BCUT2D eigenvalue weighted by molar-refractivity contribution is 0.814. The lowest BCUT2D eigenvalue weighted by Gasteiger charge is -2.08. The number of para-hydroxylation sites is 1. The van der Waals surface area contributed by atoms with Gasteiger partial charge in [0.15, 0.2) is 0 Å². The summed E-state index contributed by atoms with van der Waals surface area (Å²) in [6, 6.07) is 10.4. The molecule has 21 heavy (non-hydrogen) atoms. The molecule has 0 bridgehead atoms. The number of aliphatic imine (C=N–C) groups is 1. The molecule has 0 aliphatic heterocycles. The average Bonchev–Trinajstić information content (AvgIpc) is 2.74. The van der Waals surface area contributed by atoms with E-state index in [0.29, 0.717) is 0 Å². The Morgan fingerprint density at radius 1 is 0.810 bits per heavy atom. The van der Waals surface area contributed by atoms with Crippen molar-refractivity contribution in [2.24, 2.45) is 10.1 Å². The molecule has 0 radical (unpaired) electrons. The molecular weight excluding hydrogens is 258 g/mol. The second-order valence-corrected chi connectivity index (χ2v) is 5.55. The molecule has 0 N–H and O–H groups in total. The molecule has 3 heteroatoms. The summed E-state index contributed by atoms with van der Waals surface area (Å²) in [5, 5.41) is 4.68. The lowest BCUT2D eigenvalue weighted by atomic mass is 10.1. The minimum atomic E-state index is 0.931. The van der Waals surface area contributed by atoms with E-state index >= 15 is 0 Å². The summed E-state index contributed by atoms with van der Waals surface area (Å²) < 4.78 is 1.96. The third-order valence-corrected chi connectivity index (χ3v) is 3.73. The molecule has 2 aromatic rings. The summed E-state index contributed by atoms with van der Waals surface area (Å²) in [5.74, 6) is 0. The van der Waals surface area contributed by atoms with Crippen LogP contribution in [0.15, 0.2) is 40.4 Å². The van der Waals surface area contributed by atoms with E-state index in [4.69, 9.17) is 4.99 Å². The van der Waals surface area contributed by atoms with Crippen LogP contribution < -0.4 is 0 Å². The summed E-state index contributed by atoms with van der Waals surface area (Å²) in [4.78, 5) is 4.77. The molecule has 0 saturated heterocycles. The molecule has 0 fully saturated rings. The lowest BCUT2D eigenvalue weighted by Crippen LogP contribution is -2.09. The molecule has 2 rings (SSSR count). The van der Waals surface area contributed by atoms with Gasteiger partial charge in [0.1, 0.15) is 0 Å². The van der Waals surface area contributed by atoms with Crippen molar-refractivity contribution in [1.29, 1.82) is 0 Å². The summed E-state index contributed by atoms with van der Waals surface area (Å²) in [5.41, 5.74) is 7.56. The van der Waals surface area contributed by atoms with Gasteiger partial charge in [-0.15, -0.1) is 0 Å². The number of benzene rings is 1. The number of aromatic nitrogens is 1. The number of rotatable bonds is 3. The monoisotopic (exact) mass is 281 g/mol. The van der Waals surface area contributed by atoms with E-state index < -0.39 is 0 Å². The van der Waals surface area contributed by atoms with Gasteiger partial charge in [-0.3, -0.25) is 4.99 Å². The van der Waals surface area contributed by atoms with Crippen molar-refractivity contribution in [2.75, 3.05) is 0 Å². The van der Waals surface area contributed by atoms with E-state index in [-0.39, 0.29) is 0 Å². The smallest absolute Gasteiger partial charge is 0.0794 e. The van der Waals surface area contributed by atoms with Crippen molar-refractivity contribution in [3.8, 4) is 0 Å². The Labute approximate surface area is 127 Å². The number of aryl methyl sites for hydroxylation is 4. The van der Waals surface area contributed by atoms with Crippen LogP contribution in [0.1, 0.15) is 36.4 Å². The molecule has 0 spiro atoms. The number of nitrogens with zero attached hydrogens (tertiary/aromatic N) is 3. The Morgan fingerprint density at radius 3 is 1.86 bits per heavy atom. The van der Waals surface area contributed by atoms with E-state index in [1.54, 1.807) is 0 Å². The third-order valence-electron chi connectivity index (χ3n) is 3.73. The number of hydrogen-bond acceptors (Lipinski definition) is 2. The molecule has 0 aliphatic rings. The maximum absolute atomic E-state index is 4.77. The van der Waals surface area contributed by atoms with Crippen LogP contribution in [0.4, 0.5) is 5.69 Å². The minimum absolute atomic E-state index is 0.931. The maximum atomic E-state index is 4.77. The fourth-order valence-corrected chi connectivity index (χ4v) is 2.27. The van der Waals surface area contributed by atoms with Crippen LogP contribution >= 0.6 is 0 Å². The van der Waals surface area contributed by atoms with Gasteiger partial charge in [-0.1, -0.05) is 18.2 Å². The van der Waals surface area contributed by atoms with E-state index in [0.717, 1.165) is 28.5 Å². The van der Waals surface area contributed by atoms with Crippen molar-refractivity contribution in [3.05, 3.63) is 52.8 Å². The summed E-state index contributed by atoms with van der Waals surface area (Å²) in [6.07, 6.45) is 0. The Morgan fingerprint density at radius 2 is 1.33 bits per heavy atom. The minimum Gasteiger partial charge on any atom is -0.251 e. The molecule has 110 valence electrons. The van der Waals surface area contributed by atoms with Crippen LogP contribution in [-0.2, 0) is 0 Å². The van der Waals surface area contributed by atoms with Gasteiger partial charge < -0.3 is 0 Å². The van der Waals surface area contributed by atoms with E-state index in [1.165, 1.54) is 11.1 Å². The second-order valence-electron chi connectivity index (χ2n) is 5.55. The van der Waals surface area contributed by atoms with Gasteiger partial charge >= 0.3 is 0 Å². The molecule has 0 saturated carbocycles. The van der Waals surface area contributed by atoms with Gasteiger partial charge in [0.2, 0.25) is 0 Å². The molecule has 1 aromatic heterocycles. The molecule has 3 nitrogen and oxygen atoms in total. The highest BCUT2D eigenvalue weighted by atomic mass is 15.4. The predicted molar refractivity (Wildman–Crippen MR) is 91.1 cm³/mol. The molecule has 1 aromatic carbocycles. The zero-order valence-corrected chi connectivity index (χ0v) is 13.7. The molecule has 0 atom stereocenters. The summed E-state index contributed by atoms with van der Waals surface area (Å²) in [6.45, 7) is 12.3. The van der Waals surface area contributed by atoms with Crippen LogP contribution in [-0.4, -0.2) is 16.1 Å². The first-order chi connectivity index (χ1) is 9.90. The molecule has 0 aliphatic carbocycles. The fraction of sp³-hybridized carbons (Fsp3) is 0.333. The van der Waals surface area contributed by atoms with Crippen molar-refractivity contribution >= 4 is 17.1 Å². The molecule has 1 heterocycles. The van der Waals surface area contributed by atoms with Gasteiger partial charge in [-0.05, 0) is 64.8 Å². The molecule has 0 amide bonds. The van der Waals surface area contributed by atoms with Crippen molar-refractivity contribution in [1.82, 2.24) is 4.68 Å². The van der Waals surface area contributed by atoms with E-state index in [1.807, 2.05) is 18.5 Å². The van der Waals surface area contributed by atoms with Gasteiger partial charge in [-0.25, -0.2) is 4.68 Å². The fourth-order valence-electron chi connectivity index (χ4n) is 2.27. The Kier molecular flexibility index (Phi) is 4.41. The highest BCUT2D eigenvalue weighted by Gasteiger charge is 2.05. The quantitative estimate of drug-likeness (QED) is 0.727. The zero-order chi connectivity index (χ0) is 15.6. The van der Waals surface area contributed by atoms with Gasteiger partial charge in [0, 0.05) is 11.4 Å². The SMILES string of the molecule is CC(=Nc1c(C)cccc1C)/C(C)=N\n1c(C)ccc1C. The highest BCUT2D eigenvalue weighted by Crippen LogP contribution is 2.23. The first kappa shape index (κ1) is 15.2. The predicted octanol–water partition coefficient (Wildman–Crippen LogP) is 4.74. The van der Waals surface area contributed by atoms with Crippen molar-refractivity contribution in [2.45, 2.75) is 41.5 Å². The first-order valence-corrected chi connectivity index (χ1v) is 7.22. The zero-order valence-electron chi connectivity index (χ0n) is 13.7. The van der Waals surface area contributed by atoms with Gasteiger partial charge in [0.25, 0.3) is 0 Å². The van der Waals surface area contributed by atoms with Crippen molar-refractivity contribution < 1.29 is 0 Å². The van der Waals surface area contributed by atoms with Gasteiger partial charge in [-0.2, -0.15) is 5.10 Å².